The van der Waals surface area contributed by atoms with Gasteiger partial charge in [0.2, 0.25) is 11.8 Å². The van der Waals surface area contributed by atoms with Gasteiger partial charge in [-0.15, -0.1) is 0 Å². The largest absolute Gasteiger partial charge is 0.396 e. The molecule has 1 saturated heterocycles. The van der Waals surface area contributed by atoms with E-state index in [2.05, 4.69) is 10.6 Å². The fraction of sp³-hybridized carbons (Fsp3) is 0.800. The molecule has 0 aromatic rings. The van der Waals surface area contributed by atoms with E-state index in [0.717, 1.165) is 0 Å². The van der Waals surface area contributed by atoms with E-state index in [1.807, 2.05) is 0 Å². The predicted octanol–water partition coefficient (Wildman–Crippen LogP) is -1.22. The molecular weight excluding hydrogens is 212 g/mol. The highest BCUT2D eigenvalue weighted by molar-refractivity contribution is 5.90. The molecule has 92 valence electrons. The quantitative estimate of drug-likeness (QED) is 0.533. The maximum Gasteiger partial charge on any atom is 0.242 e. The van der Waals surface area contributed by atoms with Crippen LogP contribution in [0.3, 0.4) is 0 Å². The van der Waals surface area contributed by atoms with Crippen molar-refractivity contribution in [3.8, 4) is 0 Å². The molecular formula is C10H18N2O4. The molecule has 6 nitrogen and oxygen atoms in total. The van der Waals surface area contributed by atoms with Crippen molar-refractivity contribution in [3.05, 3.63) is 0 Å². The average Bonchev–Trinajstić information content (AvgIpc) is 2.65. The predicted molar refractivity (Wildman–Crippen MR) is 56.7 cm³/mol. The molecule has 0 spiro atoms. The summed E-state index contributed by atoms with van der Waals surface area (Å²) < 4.78 is 4.93. The van der Waals surface area contributed by atoms with Crippen molar-refractivity contribution < 1.29 is 19.4 Å². The summed E-state index contributed by atoms with van der Waals surface area (Å²) in [4.78, 5) is 22.6. The summed E-state index contributed by atoms with van der Waals surface area (Å²) in [5, 5.41) is 14.1. The molecule has 0 bridgehead atoms. The summed E-state index contributed by atoms with van der Waals surface area (Å²) in [5.74, 6) is -0.299. The first-order valence-corrected chi connectivity index (χ1v) is 5.37. The lowest BCUT2D eigenvalue weighted by Gasteiger charge is -2.19. The number of ether oxygens (including phenoxy) is 1. The molecule has 1 aliphatic rings. The van der Waals surface area contributed by atoms with E-state index in [4.69, 9.17) is 9.84 Å². The van der Waals surface area contributed by atoms with Crippen LogP contribution in [0.1, 0.15) is 19.3 Å². The van der Waals surface area contributed by atoms with Crippen LogP contribution >= 0.6 is 0 Å². The first-order chi connectivity index (χ1) is 7.67. The summed E-state index contributed by atoms with van der Waals surface area (Å²) in [5.41, 5.74) is 0. The van der Waals surface area contributed by atoms with Crippen LogP contribution in [0.4, 0.5) is 0 Å². The summed E-state index contributed by atoms with van der Waals surface area (Å²) >= 11 is 0. The van der Waals surface area contributed by atoms with Gasteiger partial charge in [0, 0.05) is 20.1 Å². The van der Waals surface area contributed by atoms with Gasteiger partial charge < -0.3 is 20.5 Å². The molecule has 1 aliphatic heterocycles. The van der Waals surface area contributed by atoms with E-state index in [9.17, 15) is 9.59 Å². The van der Waals surface area contributed by atoms with Crippen LogP contribution in [0.25, 0.3) is 0 Å². The Kier molecular flexibility index (Phi) is 5.21. The lowest BCUT2D eigenvalue weighted by atomic mass is 10.1. The summed E-state index contributed by atoms with van der Waals surface area (Å²) in [6, 6.07) is -0.648. The molecule has 0 aromatic heterocycles. The Bertz CT molecular complexity index is 251. The van der Waals surface area contributed by atoms with Crippen molar-refractivity contribution in [1.29, 1.82) is 0 Å². The van der Waals surface area contributed by atoms with Crippen LogP contribution in [0.15, 0.2) is 0 Å². The van der Waals surface area contributed by atoms with E-state index in [1.54, 1.807) is 0 Å². The summed E-state index contributed by atoms with van der Waals surface area (Å²) in [7, 11) is 1.54. The van der Waals surface area contributed by atoms with Gasteiger partial charge in [0.25, 0.3) is 0 Å². The lowest BCUT2D eigenvalue weighted by molar-refractivity contribution is -0.126. The fourth-order valence-electron chi connectivity index (χ4n) is 1.67. The first kappa shape index (κ1) is 12.9. The maximum absolute atomic E-state index is 11.7. The van der Waals surface area contributed by atoms with Gasteiger partial charge in [0.15, 0.2) is 0 Å². The van der Waals surface area contributed by atoms with Gasteiger partial charge >= 0.3 is 0 Å². The molecule has 2 atom stereocenters. The zero-order valence-electron chi connectivity index (χ0n) is 9.36. The number of nitrogens with one attached hydrogen (secondary N) is 2. The number of aliphatic hydroxyl groups is 1. The molecule has 2 unspecified atom stereocenters. The number of hydrogen-bond acceptors (Lipinski definition) is 4. The standard InChI is InChI=1S/C10H18N2O4/c1-16-6-7(4-5-13)11-10(15)8-2-3-9(14)12-8/h7-8,13H,2-6H2,1H3,(H,11,15)(H,12,14). The van der Waals surface area contributed by atoms with Crippen molar-refractivity contribution in [1.82, 2.24) is 10.6 Å². The topological polar surface area (TPSA) is 87.7 Å². The molecule has 0 aliphatic carbocycles. The molecule has 3 N–H and O–H groups in total. The second-order valence-corrected chi connectivity index (χ2v) is 3.83. The summed E-state index contributed by atoms with van der Waals surface area (Å²) in [6.07, 6.45) is 1.37. The Labute approximate surface area is 94.3 Å². The van der Waals surface area contributed by atoms with Gasteiger partial charge in [-0.1, -0.05) is 0 Å². The highest BCUT2D eigenvalue weighted by Gasteiger charge is 2.28. The Hall–Kier alpha value is -1.14. The third-order valence-electron chi connectivity index (χ3n) is 2.50. The highest BCUT2D eigenvalue weighted by Crippen LogP contribution is 2.07. The second-order valence-electron chi connectivity index (χ2n) is 3.83. The van der Waals surface area contributed by atoms with Crippen LogP contribution in [0, 0.1) is 0 Å². The van der Waals surface area contributed by atoms with E-state index >= 15 is 0 Å². The van der Waals surface area contributed by atoms with E-state index in [0.29, 0.717) is 25.9 Å². The van der Waals surface area contributed by atoms with Crippen molar-refractivity contribution >= 4 is 11.8 Å². The van der Waals surface area contributed by atoms with Crippen molar-refractivity contribution in [2.75, 3.05) is 20.3 Å². The van der Waals surface area contributed by atoms with E-state index in [-0.39, 0.29) is 24.5 Å². The molecule has 1 fully saturated rings. The lowest BCUT2D eigenvalue weighted by Crippen LogP contribution is -2.47. The smallest absolute Gasteiger partial charge is 0.242 e. The number of hydrogen-bond donors (Lipinski definition) is 3. The minimum Gasteiger partial charge on any atom is -0.396 e. The SMILES string of the molecule is COCC(CCO)NC(=O)C1CCC(=O)N1. The molecule has 2 amide bonds. The van der Waals surface area contributed by atoms with Crippen molar-refractivity contribution in [2.24, 2.45) is 0 Å². The van der Waals surface area contributed by atoms with E-state index < -0.39 is 6.04 Å². The minimum atomic E-state index is -0.439. The van der Waals surface area contributed by atoms with Gasteiger partial charge in [-0.3, -0.25) is 9.59 Å². The van der Waals surface area contributed by atoms with Crippen LogP contribution < -0.4 is 10.6 Å². The Morgan fingerprint density at radius 2 is 2.50 bits per heavy atom. The van der Waals surface area contributed by atoms with Crippen LogP contribution in [0.2, 0.25) is 0 Å². The average molecular weight is 230 g/mol. The van der Waals surface area contributed by atoms with Gasteiger partial charge in [-0.2, -0.15) is 0 Å². The normalized spacial score (nSPS) is 21.6. The first-order valence-electron chi connectivity index (χ1n) is 5.37. The minimum absolute atomic E-state index is 0.00860. The fourth-order valence-corrected chi connectivity index (χ4v) is 1.67. The Morgan fingerprint density at radius 1 is 1.75 bits per heavy atom. The molecule has 16 heavy (non-hydrogen) atoms. The van der Waals surface area contributed by atoms with Crippen LogP contribution in [0.5, 0.6) is 0 Å². The molecule has 1 rings (SSSR count). The molecule has 0 saturated carbocycles. The number of methoxy groups -OCH3 is 1. The van der Waals surface area contributed by atoms with E-state index in [1.165, 1.54) is 7.11 Å². The molecule has 0 radical (unpaired) electrons. The monoisotopic (exact) mass is 230 g/mol. The highest BCUT2D eigenvalue weighted by atomic mass is 16.5. The van der Waals surface area contributed by atoms with Gasteiger partial charge in [-0.25, -0.2) is 0 Å². The van der Waals surface area contributed by atoms with Crippen molar-refractivity contribution in [2.45, 2.75) is 31.3 Å². The third-order valence-corrected chi connectivity index (χ3v) is 2.50. The van der Waals surface area contributed by atoms with Crippen molar-refractivity contribution in [3.63, 3.8) is 0 Å². The molecule has 1 heterocycles. The van der Waals surface area contributed by atoms with Gasteiger partial charge in [-0.05, 0) is 12.8 Å². The number of amides is 2. The maximum atomic E-state index is 11.7. The molecule has 0 aromatic carbocycles. The number of aliphatic hydroxyl groups excluding tert-OH is 1. The summed E-state index contributed by atoms with van der Waals surface area (Å²) in [6.45, 7) is 0.346. The second kappa shape index (κ2) is 6.44. The third kappa shape index (κ3) is 3.79. The number of carbonyl (C=O) groups is 2. The van der Waals surface area contributed by atoms with Gasteiger partial charge in [0.05, 0.1) is 12.6 Å². The van der Waals surface area contributed by atoms with Crippen LogP contribution in [-0.2, 0) is 14.3 Å². The zero-order valence-corrected chi connectivity index (χ0v) is 9.36. The zero-order chi connectivity index (χ0) is 12.0. The number of carbonyl (C=O) groups excluding carboxylic acids is 2. The Morgan fingerprint density at radius 3 is 3.00 bits per heavy atom. The number of rotatable bonds is 6. The Balaban J connectivity index is 2.38. The van der Waals surface area contributed by atoms with Crippen LogP contribution in [-0.4, -0.2) is 49.3 Å². The molecule has 6 heteroatoms. The van der Waals surface area contributed by atoms with Gasteiger partial charge in [0.1, 0.15) is 6.04 Å².